The monoisotopic (exact) mass is 685 g/mol. The van der Waals surface area contributed by atoms with Gasteiger partial charge in [-0.2, -0.15) is 5.10 Å². The van der Waals surface area contributed by atoms with Crippen LogP contribution in [0.3, 0.4) is 0 Å². The first-order chi connectivity index (χ1) is 17.2. The molecule has 0 spiro atoms. The Morgan fingerprint density at radius 3 is 2.78 bits per heavy atom. The van der Waals surface area contributed by atoms with Crippen molar-refractivity contribution < 1.29 is 14.8 Å². The van der Waals surface area contributed by atoms with E-state index in [4.69, 9.17) is 0 Å². The summed E-state index contributed by atoms with van der Waals surface area (Å²) in [7, 11) is 0. The minimum Gasteiger partial charge on any atom is -0.502 e. The number of hydrazone groups is 1. The molecule has 0 aliphatic rings. The normalized spacial score (nSPS) is 11.9. The number of rotatable bonds is 11. The van der Waals surface area contributed by atoms with Crippen LogP contribution < -0.4 is 10.7 Å². The third kappa shape index (κ3) is 7.27. The van der Waals surface area contributed by atoms with E-state index in [1.54, 1.807) is 13.0 Å². The molecule has 11 nitrogen and oxygen atoms in total. The van der Waals surface area contributed by atoms with Gasteiger partial charge in [0.25, 0.3) is 5.91 Å². The van der Waals surface area contributed by atoms with Gasteiger partial charge in [-0.3, -0.25) is 14.9 Å². The molecule has 0 saturated carbocycles. The highest BCUT2D eigenvalue weighted by Crippen LogP contribution is 2.32. The number of hydrogen-bond donors (Lipinski definition) is 3. The van der Waals surface area contributed by atoms with Crippen LogP contribution in [0.15, 0.2) is 63.8 Å². The number of hydrogen-bond acceptors (Lipinski definition) is 9. The Labute approximate surface area is 232 Å². The molecule has 0 aliphatic carbocycles. The van der Waals surface area contributed by atoms with Gasteiger partial charge in [-0.25, -0.2) is 5.43 Å². The van der Waals surface area contributed by atoms with Crippen LogP contribution in [0.25, 0.3) is 0 Å². The van der Waals surface area contributed by atoms with E-state index in [0.29, 0.717) is 28.5 Å². The maximum absolute atomic E-state index is 12.6. The molecular formula is C22H21BrIN7O4S. The minimum atomic E-state index is -0.710. The van der Waals surface area contributed by atoms with Crippen LogP contribution in [-0.2, 0) is 17.9 Å². The molecule has 0 fully saturated rings. The number of phenolic OH excluding ortho intramolecular Hbond substituents is 1. The van der Waals surface area contributed by atoms with E-state index in [9.17, 15) is 20.0 Å². The molecule has 14 heteroatoms. The number of carbonyl (C=O) groups excluding carboxylic acids is 1. The van der Waals surface area contributed by atoms with Crippen LogP contribution >= 0.6 is 50.3 Å². The number of benzene rings is 2. The molecular weight excluding hydrogens is 665 g/mol. The highest BCUT2D eigenvalue weighted by molar-refractivity contribution is 14.1. The largest absolute Gasteiger partial charge is 0.502 e. The second-order valence-electron chi connectivity index (χ2n) is 7.27. The summed E-state index contributed by atoms with van der Waals surface area (Å²) in [5.41, 5.74) is 2.93. The van der Waals surface area contributed by atoms with Gasteiger partial charge in [0.05, 0.1) is 22.9 Å². The fourth-order valence-electron chi connectivity index (χ4n) is 2.91. The molecule has 1 heterocycles. The molecule has 1 amide bonds. The Hall–Kier alpha value is -2.98. The number of nitrogens with zero attached hydrogens (tertiary/aromatic N) is 5. The van der Waals surface area contributed by atoms with E-state index in [2.05, 4.69) is 71.1 Å². The van der Waals surface area contributed by atoms with Gasteiger partial charge in [-0.1, -0.05) is 33.8 Å². The number of halogens is 2. The van der Waals surface area contributed by atoms with Crippen molar-refractivity contribution >= 4 is 73.8 Å². The lowest BCUT2D eigenvalue weighted by Gasteiger charge is -2.12. The van der Waals surface area contributed by atoms with Crippen molar-refractivity contribution in [3.63, 3.8) is 0 Å². The zero-order valence-electron chi connectivity index (χ0n) is 18.9. The predicted octanol–water partition coefficient (Wildman–Crippen LogP) is 4.69. The van der Waals surface area contributed by atoms with Crippen molar-refractivity contribution in [3.05, 3.63) is 78.6 Å². The van der Waals surface area contributed by atoms with Gasteiger partial charge in [0.1, 0.15) is 0 Å². The minimum absolute atomic E-state index is 0.0766. The summed E-state index contributed by atoms with van der Waals surface area (Å²) < 4.78 is 3.39. The number of aromatic hydroxyl groups is 1. The van der Waals surface area contributed by atoms with Gasteiger partial charge in [0.2, 0.25) is 5.75 Å². The molecule has 0 radical (unpaired) electrons. The summed E-state index contributed by atoms with van der Waals surface area (Å²) in [5, 5.41) is 36.7. The Morgan fingerprint density at radius 1 is 1.39 bits per heavy atom. The molecule has 1 atom stereocenters. The van der Waals surface area contributed by atoms with Gasteiger partial charge >= 0.3 is 5.69 Å². The third-order valence-corrected chi connectivity index (χ3v) is 6.97. The van der Waals surface area contributed by atoms with Crippen LogP contribution in [0.2, 0.25) is 0 Å². The third-order valence-electron chi connectivity index (χ3n) is 4.71. The van der Waals surface area contributed by atoms with E-state index in [-0.39, 0.29) is 5.56 Å². The molecule has 3 aromatic rings. The van der Waals surface area contributed by atoms with E-state index in [1.165, 1.54) is 23.9 Å². The number of thioether (sulfide) groups is 1. The number of nitrogens with one attached hydrogen (secondary N) is 2. The zero-order valence-corrected chi connectivity index (χ0v) is 23.4. The SMILES string of the molecule is C=CCn1c(CNc2ccc(I)cc2)nnc1SC(C)C(=O)NN=Cc1cc(Br)cc([N+](=O)[O-])c1O. The van der Waals surface area contributed by atoms with E-state index in [1.807, 2.05) is 28.8 Å². The summed E-state index contributed by atoms with van der Waals surface area (Å²) in [6, 6.07) is 10.6. The first kappa shape index (κ1) is 27.6. The topological polar surface area (TPSA) is 148 Å². The molecule has 36 heavy (non-hydrogen) atoms. The van der Waals surface area contributed by atoms with Gasteiger partial charge in [-0.05, 0) is 59.8 Å². The average Bonchev–Trinajstić information content (AvgIpc) is 3.21. The van der Waals surface area contributed by atoms with Crippen molar-refractivity contribution in [2.24, 2.45) is 5.10 Å². The molecule has 2 aromatic carbocycles. The Bertz CT molecular complexity index is 1300. The molecule has 0 bridgehead atoms. The number of amides is 1. The zero-order chi connectivity index (χ0) is 26.2. The lowest BCUT2D eigenvalue weighted by molar-refractivity contribution is -0.385. The second-order valence-corrected chi connectivity index (χ2v) is 10.7. The van der Waals surface area contributed by atoms with Crippen LogP contribution in [0.5, 0.6) is 5.75 Å². The van der Waals surface area contributed by atoms with Crippen LogP contribution in [0.1, 0.15) is 18.3 Å². The lowest BCUT2D eigenvalue weighted by Crippen LogP contribution is -2.27. The Balaban J connectivity index is 1.64. The maximum Gasteiger partial charge on any atom is 0.312 e. The highest BCUT2D eigenvalue weighted by Gasteiger charge is 2.20. The average molecular weight is 686 g/mol. The summed E-state index contributed by atoms with van der Waals surface area (Å²) in [6.45, 7) is 6.38. The molecule has 0 saturated heterocycles. The molecule has 1 unspecified atom stereocenters. The van der Waals surface area contributed by atoms with Crippen molar-refractivity contribution in [2.75, 3.05) is 5.32 Å². The molecule has 1 aromatic heterocycles. The number of nitro benzene ring substituents is 1. The standard InChI is InChI=1S/C22H21BrIN7O4S/c1-3-8-30-19(12-25-17-6-4-16(24)5-7-17)27-29-22(30)36-13(2)21(33)28-26-11-14-9-15(23)10-18(20(14)32)31(34)35/h3-7,9-11,13,25,32H,1,8,12H2,2H3,(H,28,33). The Kier molecular flexibility index (Phi) is 9.83. The van der Waals surface area contributed by atoms with Gasteiger partial charge in [-0.15, -0.1) is 16.8 Å². The number of anilines is 1. The number of aromatic nitrogens is 3. The first-order valence-corrected chi connectivity index (χ1v) is 13.1. The summed E-state index contributed by atoms with van der Waals surface area (Å²) in [5.74, 6) is -0.284. The fraction of sp³-hybridized carbons (Fsp3) is 0.182. The van der Waals surface area contributed by atoms with Crippen LogP contribution in [-0.4, -0.2) is 42.2 Å². The number of nitro groups is 1. The van der Waals surface area contributed by atoms with Crippen molar-refractivity contribution in [1.29, 1.82) is 0 Å². The van der Waals surface area contributed by atoms with Crippen molar-refractivity contribution in [3.8, 4) is 5.75 Å². The fourth-order valence-corrected chi connectivity index (χ4v) is 4.60. The smallest absolute Gasteiger partial charge is 0.312 e. The first-order valence-electron chi connectivity index (χ1n) is 10.4. The summed E-state index contributed by atoms with van der Waals surface area (Å²) >= 11 is 6.59. The van der Waals surface area contributed by atoms with Crippen LogP contribution in [0, 0.1) is 13.7 Å². The van der Waals surface area contributed by atoms with E-state index >= 15 is 0 Å². The predicted molar refractivity (Wildman–Crippen MR) is 150 cm³/mol. The van der Waals surface area contributed by atoms with Gasteiger partial charge in [0, 0.05) is 31.9 Å². The van der Waals surface area contributed by atoms with Crippen LogP contribution in [0.4, 0.5) is 11.4 Å². The number of carbonyl (C=O) groups is 1. The maximum atomic E-state index is 12.6. The van der Waals surface area contributed by atoms with Crippen molar-refractivity contribution in [2.45, 2.75) is 30.4 Å². The molecule has 3 N–H and O–H groups in total. The summed E-state index contributed by atoms with van der Waals surface area (Å²) in [4.78, 5) is 22.9. The van der Waals surface area contributed by atoms with E-state index < -0.39 is 27.5 Å². The second kappa shape index (κ2) is 12.8. The number of phenols is 1. The molecule has 0 aliphatic heterocycles. The highest BCUT2D eigenvalue weighted by atomic mass is 127. The Morgan fingerprint density at radius 2 is 2.11 bits per heavy atom. The van der Waals surface area contributed by atoms with Crippen molar-refractivity contribution in [1.82, 2.24) is 20.2 Å². The number of allylic oxidation sites excluding steroid dienone is 1. The quantitative estimate of drug-likeness (QED) is 0.0658. The lowest BCUT2D eigenvalue weighted by atomic mass is 10.2. The van der Waals surface area contributed by atoms with Gasteiger partial charge in [0.15, 0.2) is 11.0 Å². The van der Waals surface area contributed by atoms with E-state index in [0.717, 1.165) is 15.5 Å². The molecule has 3 rings (SSSR count). The molecule has 188 valence electrons. The van der Waals surface area contributed by atoms with Gasteiger partial charge < -0.3 is 15.0 Å². The summed E-state index contributed by atoms with van der Waals surface area (Å²) in [6.07, 6.45) is 2.86.